The molecule has 1 aliphatic heterocycles. The number of ether oxygens (including phenoxy) is 3. The Balaban J connectivity index is 2.01. The van der Waals surface area contributed by atoms with Gasteiger partial charge in [-0.15, -0.1) is 0 Å². The standard InChI is InChI=1S/C18H27F2N3O4/c1-21(2)16(24)12-23-7-5-22(6-8-23)11-13-9-14(25-3)17(27-18(19)20)15(10-13)26-4/h9-10,18H,5-8,11-12H2,1-4H3. The largest absolute Gasteiger partial charge is 0.493 e. The number of amides is 1. The lowest BCUT2D eigenvalue weighted by Gasteiger charge is -2.34. The fraction of sp³-hybridized carbons (Fsp3) is 0.611. The highest BCUT2D eigenvalue weighted by molar-refractivity contribution is 5.77. The van der Waals surface area contributed by atoms with Crippen molar-refractivity contribution in [3.63, 3.8) is 0 Å². The summed E-state index contributed by atoms with van der Waals surface area (Å²) >= 11 is 0. The van der Waals surface area contributed by atoms with E-state index in [-0.39, 0.29) is 23.2 Å². The number of hydrogen-bond acceptors (Lipinski definition) is 6. The van der Waals surface area contributed by atoms with E-state index in [0.29, 0.717) is 13.1 Å². The van der Waals surface area contributed by atoms with E-state index < -0.39 is 6.61 Å². The van der Waals surface area contributed by atoms with Crippen LogP contribution in [0, 0.1) is 0 Å². The summed E-state index contributed by atoms with van der Waals surface area (Å²) in [5, 5.41) is 0. The summed E-state index contributed by atoms with van der Waals surface area (Å²) in [4.78, 5) is 17.8. The molecule has 0 bridgehead atoms. The topological polar surface area (TPSA) is 54.5 Å². The number of nitrogens with zero attached hydrogens (tertiary/aromatic N) is 3. The molecule has 0 aromatic heterocycles. The lowest BCUT2D eigenvalue weighted by molar-refractivity contribution is -0.130. The van der Waals surface area contributed by atoms with Gasteiger partial charge >= 0.3 is 6.61 Å². The van der Waals surface area contributed by atoms with Gasteiger partial charge in [-0.3, -0.25) is 14.6 Å². The molecule has 1 amide bonds. The molecular formula is C18H27F2N3O4. The van der Waals surface area contributed by atoms with Crippen molar-refractivity contribution in [1.29, 1.82) is 0 Å². The second-order valence-corrected chi connectivity index (χ2v) is 6.55. The average molecular weight is 387 g/mol. The van der Waals surface area contributed by atoms with E-state index in [1.807, 2.05) is 0 Å². The van der Waals surface area contributed by atoms with Gasteiger partial charge in [0.15, 0.2) is 11.5 Å². The highest BCUT2D eigenvalue weighted by Crippen LogP contribution is 2.39. The van der Waals surface area contributed by atoms with Gasteiger partial charge in [0.25, 0.3) is 0 Å². The first-order chi connectivity index (χ1) is 12.8. The smallest absolute Gasteiger partial charge is 0.387 e. The zero-order valence-corrected chi connectivity index (χ0v) is 16.2. The SMILES string of the molecule is COc1cc(CN2CCN(CC(=O)N(C)C)CC2)cc(OC)c1OC(F)F. The van der Waals surface area contributed by atoms with Crippen molar-refractivity contribution in [2.24, 2.45) is 0 Å². The van der Waals surface area contributed by atoms with Gasteiger partial charge < -0.3 is 19.1 Å². The van der Waals surface area contributed by atoms with Gasteiger partial charge in [0.05, 0.1) is 20.8 Å². The Hall–Kier alpha value is -2.13. The number of likely N-dealkylation sites (N-methyl/N-ethyl adjacent to an activating group) is 1. The van der Waals surface area contributed by atoms with Crippen molar-refractivity contribution in [3.05, 3.63) is 17.7 Å². The number of piperazine rings is 1. The zero-order chi connectivity index (χ0) is 20.0. The molecule has 9 heteroatoms. The van der Waals surface area contributed by atoms with Crippen LogP contribution in [0.2, 0.25) is 0 Å². The molecule has 0 radical (unpaired) electrons. The first kappa shape index (κ1) is 21.2. The molecule has 0 unspecified atom stereocenters. The molecule has 1 aliphatic rings. The van der Waals surface area contributed by atoms with Crippen LogP contribution in [-0.4, -0.2) is 88.3 Å². The second kappa shape index (κ2) is 9.70. The van der Waals surface area contributed by atoms with Crippen LogP contribution in [0.25, 0.3) is 0 Å². The van der Waals surface area contributed by atoms with Gasteiger partial charge in [-0.2, -0.15) is 8.78 Å². The van der Waals surface area contributed by atoms with Gasteiger partial charge in [0.2, 0.25) is 11.7 Å². The van der Waals surface area contributed by atoms with Gasteiger partial charge in [-0.05, 0) is 17.7 Å². The maximum Gasteiger partial charge on any atom is 0.387 e. The Morgan fingerprint density at radius 1 is 1.07 bits per heavy atom. The first-order valence-corrected chi connectivity index (χ1v) is 8.68. The monoisotopic (exact) mass is 387 g/mol. The van der Waals surface area contributed by atoms with Gasteiger partial charge in [0, 0.05) is 46.8 Å². The number of methoxy groups -OCH3 is 2. The van der Waals surface area contributed by atoms with E-state index in [2.05, 4.69) is 14.5 Å². The Kier molecular flexibility index (Phi) is 7.61. The molecule has 0 spiro atoms. The zero-order valence-electron chi connectivity index (χ0n) is 16.2. The Morgan fingerprint density at radius 3 is 2.04 bits per heavy atom. The molecule has 1 saturated heterocycles. The first-order valence-electron chi connectivity index (χ1n) is 8.68. The van der Waals surface area contributed by atoms with Crippen LogP contribution in [0.3, 0.4) is 0 Å². The van der Waals surface area contributed by atoms with E-state index in [0.717, 1.165) is 31.7 Å². The third kappa shape index (κ3) is 5.93. The minimum Gasteiger partial charge on any atom is -0.493 e. The molecule has 0 N–H and O–H groups in total. The van der Waals surface area contributed by atoms with Gasteiger partial charge in [-0.25, -0.2) is 0 Å². The molecule has 1 fully saturated rings. The maximum atomic E-state index is 12.6. The van der Waals surface area contributed by atoms with Crippen molar-refractivity contribution < 1.29 is 27.8 Å². The lowest BCUT2D eigenvalue weighted by atomic mass is 10.1. The molecule has 27 heavy (non-hydrogen) atoms. The fourth-order valence-electron chi connectivity index (χ4n) is 2.93. The fourth-order valence-corrected chi connectivity index (χ4v) is 2.93. The van der Waals surface area contributed by atoms with Crippen LogP contribution in [0.5, 0.6) is 17.2 Å². The van der Waals surface area contributed by atoms with Crippen LogP contribution in [-0.2, 0) is 11.3 Å². The molecule has 1 aromatic carbocycles. The van der Waals surface area contributed by atoms with E-state index >= 15 is 0 Å². The summed E-state index contributed by atoms with van der Waals surface area (Å²) in [6.45, 7) is 1.28. The van der Waals surface area contributed by atoms with E-state index in [4.69, 9.17) is 9.47 Å². The number of halogens is 2. The normalized spacial score (nSPS) is 15.7. The molecule has 0 saturated carbocycles. The van der Waals surface area contributed by atoms with Crippen LogP contribution in [0.1, 0.15) is 5.56 Å². The third-order valence-corrected chi connectivity index (χ3v) is 4.46. The summed E-state index contributed by atoms with van der Waals surface area (Å²) in [7, 11) is 6.30. The predicted molar refractivity (Wildman–Crippen MR) is 96.6 cm³/mol. The molecule has 7 nitrogen and oxygen atoms in total. The summed E-state index contributed by atoms with van der Waals surface area (Å²) in [6.07, 6.45) is 0. The molecule has 1 heterocycles. The third-order valence-electron chi connectivity index (χ3n) is 4.46. The molecule has 1 aromatic rings. The number of carbonyl (C=O) groups is 1. The van der Waals surface area contributed by atoms with E-state index in [1.54, 1.807) is 31.1 Å². The van der Waals surface area contributed by atoms with Gasteiger partial charge in [0.1, 0.15) is 0 Å². The quantitative estimate of drug-likeness (QED) is 0.674. The van der Waals surface area contributed by atoms with Crippen LogP contribution in [0.4, 0.5) is 8.78 Å². The lowest BCUT2D eigenvalue weighted by Crippen LogP contribution is -2.48. The Morgan fingerprint density at radius 2 is 1.59 bits per heavy atom. The molecule has 0 atom stereocenters. The summed E-state index contributed by atoms with van der Waals surface area (Å²) in [5.74, 6) is 0.401. The average Bonchev–Trinajstić information content (AvgIpc) is 2.63. The number of hydrogen-bond donors (Lipinski definition) is 0. The molecule has 2 rings (SSSR count). The molecular weight excluding hydrogens is 360 g/mol. The summed E-state index contributed by atoms with van der Waals surface area (Å²) in [5.41, 5.74) is 0.878. The highest BCUT2D eigenvalue weighted by Gasteiger charge is 2.22. The number of alkyl halides is 2. The predicted octanol–water partition coefficient (Wildman–Crippen LogP) is 1.51. The van der Waals surface area contributed by atoms with Gasteiger partial charge in [-0.1, -0.05) is 0 Å². The maximum absolute atomic E-state index is 12.6. The van der Waals surface area contributed by atoms with Crippen molar-refractivity contribution >= 4 is 5.91 Å². The van der Waals surface area contributed by atoms with Crippen LogP contribution in [0.15, 0.2) is 12.1 Å². The van der Waals surface area contributed by atoms with Crippen molar-refractivity contribution in [2.45, 2.75) is 13.2 Å². The highest BCUT2D eigenvalue weighted by atomic mass is 19.3. The number of carbonyl (C=O) groups excluding carboxylic acids is 1. The number of rotatable bonds is 8. The Bertz CT molecular complexity index is 610. The second-order valence-electron chi connectivity index (χ2n) is 6.55. The summed E-state index contributed by atoms with van der Waals surface area (Å²) < 4.78 is 40.2. The molecule has 0 aliphatic carbocycles. The van der Waals surface area contributed by atoms with Crippen molar-refractivity contribution in [3.8, 4) is 17.2 Å². The van der Waals surface area contributed by atoms with Crippen LogP contribution < -0.4 is 14.2 Å². The van der Waals surface area contributed by atoms with Crippen LogP contribution >= 0.6 is 0 Å². The van der Waals surface area contributed by atoms with Crippen molar-refractivity contribution in [1.82, 2.24) is 14.7 Å². The molecule has 152 valence electrons. The minimum absolute atomic E-state index is 0.0903. The summed E-state index contributed by atoms with van der Waals surface area (Å²) in [6, 6.07) is 3.37. The van der Waals surface area contributed by atoms with Crippen molar-refractivity contribution in [2.75, 3.05) is 61.0 Å². The van der Waals surface area contributed by atoms with E-state index in [1.165, 1.54) is 14.2 Å². The number of benzene rings is 1. The minimum atomic E-state index is -2.96. The Labute approximate surface area is 158 Å². The van der Waals surface area contributed by atoms with E-state index in [9.17, 15) is 13.6 Å².